The summed E-state index contributed by atoms with van der Waals surface area (Å²) in [6.45, 7) is 2.02. The zero-order valence-corrected chi connectivity index (χ0v) is 10.3. The first-order valence-electron chi connectivity index (χ1n) is 6.22. The molecule has 3 nitrogen and oxygen atoms in total. The van der Waals surface area contributed by atoms with Crippen molar-refractivity contribution < 1.29 is 9.90 Å². The molecule has 0 spiro atoms. The molecule has 3 heteroatoms. The van der Waals surface area contributed by atoms with Gasteiger partial charge in [0.15, 0.2) is 0 Å². The molecule has 1 aliphatic rings. The summed E-state index contributed by atoms with van der Waals surface area (Å²) in [5.74, 6) is -0.700. The lowest BCUT2D eigenvalue weighted by atomic mass is 9.64. The molecule has 1 fully saturated rings. The number of aryl methyl sites for hydroxylation is 1. The minimum absolute atomic E-state index is 0.655. The number of rotatable bonds is 2. The Bertz CT molecular complexity index is 629. The highest BCUT2D eigenvalue weighted by Crippen LogP contribution is 2.44. The zero-order chi connectivity index (χ0) is 12.8. The summed E-state index contributed by atoms with van der Waals surface area (Å²) in [6, 6.07) is 5.97. The number of aromatic nitrogens is 1. The summed E-state index contributed by atoms with van der Waals surface area (Å²) in [5.41, 5.74) is 1.39. The maximum absolute atomic E-state index is 11.5. The molecule has 1 saturated carbocycles. The van der Waals surface area contributed by atoms with Gasteiger partial charge in [0.05, 0.1) is 5.41 Å². The van der Waals surface area contributed by atoms with Crippen LogP contribution in [0.25, 0.3) is 10.8 Å². The molecule has 0 unspecified atom stereocenters. The molecule has 1 aromatic heterocycles. The Morgan fingerprint density at radius 1 is 1.33 bits per heavy atom. The van der Waals surface area contributed by atoms with Crippen molar-refractivity contribution in [3.05, 3.63) is 41.7 Å². The number of carboxylic acids is 1. The van der Waals surface area contributed by atoms with Crippen LogP contribution in [0.4, 0.5) is 0 Å². The molecule has 0 bridgehead atoms. The van der Waals surface area contributed by atoms with Crippen molar-refractivity contribution in [1.82, 2.24) is 4.98 Å². The van der Waals surface area contributed by atoms with E-state index in [9.17, 15) is 9.90 Å². The van der Waals surface area contributed by atoms with Crippen molar-refractivity contribution in [3.8, 4) is 0 Å². The second-order valence-corrected chi connectivity index (χ2v) is 5.13. The average molecular weight is 241 g/mol. The van der Waals surface area contributed by atoms with Crippen LogP contribution in [0.2, 0.25) is 0 Å². The zero-order valence-electron chi connectivity index (χ0n) is 10.3. The Hall–Kier alpha value is -1.90. The normalized spacial score (nSPS) is 17.4. The molecule has 0 radical (unpaired) electrons. The van der Waals surface area contributed by atoms with Gasteiger partial charge in [-0.05, 0) is 42.3 Å². The third-order valence-electron chi connectivity index (χ3n) is 4.13. The van der Waals surface area contributed by atoms with E-state index < -0.39 is 11.4 Å². The SMILES string of the molecule is Cc1cncc2cc(C3(C(=O)O)CCC3)ccc12. The quantitative estimate of drug-likeness (QED) is 0.879. The smallest absolute Gasteiger partial charge is 0.314 e. The van der Waals surface area contributed by atoms with Gasteiger partial charge < -0.3 is 5.11 Å². The molecule has 0 aliphatic heterocycles. The first-order chi connectivity index (χ1) is 8.63. The Labute approximate surface area is 105 Å². The van der Waals surface area contributed by atoms with E-state index >= 15 is 0 Å². The number of nitrogens with zero attached hydrogens (tertiary/aromatic N) is 1. The van der Waals surface area contributed by atoms with Crippen LogP contribution in [0.5, 0.6) is 0 Å². The Morgan fingerprint density at radius 2 is 2.11 bits per heavy atom. The fourth-order valence-electron chi connectivity index (χ4n) is 2.78. The van der Waals surface area contributed by atoms with Crippen molar-refractivity contribution in [2.45, 2.75) is 31.6 Å². The number of benzene rings is 1. The second kappa shape index (κ2) is 3.80. The summed E-state index contributed by atoms with van der Waals surface area (Å²) < 4.78 is 0. The van der Waals surface area contributed by atoms with Crippen LogP contribution in [0.15, 0.2) is 30.6 Å². The lowest BCUT2D eigenvalue weighted by Crippen LogP contribution is -2.42. The van der Waals surface area contributed by atoms with E-state index in [0.717, 1.165) is 41.2 Å². The molecule has 1 heterocycles. The lowest BCUT2D eigenvalue weighted by molar-refractivity contribution is -0.147. The van der Waals surface area contributed by atoms with Crippen LogP contribution >= 0.6 is 0 Å². The summed E-state index contributed by atoms with van der Waals surface area (Å²) in [6.07, 6.45) is 6.12. The number of pyridine rings is 1. The van der Waals surface area contributed by atoms with Gasteiger partial charge in [-0.15, -0.1) is 0 Å². The van der Waals surface area contributed by atoms with Gasteiger partial charge in [-0.2, -0.15) is 0 Å². The van der Waals surface area contributed by atoms with Crippen LogP contribution in [0.3, 0.4) is 0 Å². The van der Waals surface area contributed by atoms with Crippen molar-refractivity contribution in [2.24, 2.45) is 0 Å². The standard InChI is InChI=1S/C15H15NO2/c1-10-8-16-9-11-7-12(3-4-13(10)11)15(14(17)18)5-2-6-15/h3-4,7-9H,2,5-6H2,1H3,(H,17,18). The molecule has 2 aromatic rings. The number of aliphatic carboxylic acids is 1. The minimum atomic E-state index is -0.700. The van der Waals surface area contributed by atoms with Gasteiger partial charge in [0.2, 0.25) is 0 Å². The first kappa shape index (κ1) is 11.2. The number of hydrogen-bond donors (Lipinski definition) is 1. The number of hydrogen-bond acceptors (Lipinski definition) is 2. The van der Waals surface area contributed by atoms with E-state index in [1.165, 1.54) is 0 Å². The monoisotopic (exact) mass is 241 g/mol. The summed E-state index contributed by atoms with van der Waals surface area (Å²) >= 11 is 0. The van der Waals surface area contributed by atoms with E-state index in [0.29, 0.717) is 0 Å². The van der Waals surface area contributed by atoms with Crippen LogP contribution in [-0.2, 0) is 10.2 Å². The molecule has 18 heavy (non-hydrogen) atoms. The predicted molar refractivity (Wildman–Crippen MR) is 69.6 cm³/mol. The molecule has 1 aromatic carbocycles. The number of fused-ring (bicyclic) bond motifs is 1. The van der Waals surface area contributed by atoms with Crippen LogP contribution < -0.4 is 0 Å². The fraction of sp³-hybridized carbons (Fsp3) is 0.333. The minimum Gasteiger partial charge on any atom is -0.481 e. The van der Waals surface area contributed by atoms with E-state index in [4.69, 9.17) is 0 Å². The molecule has 1 aliphatic carbocycles. The van der Waals surface area contributed by atoms with E-state index in [1.54, 1.807) is 6.20 Å². The molecular formula is C15H15NO2. The van der Waals surface area contributed by atoms with Crippen LogP contribution in [-0.4, -0.2) is 16.1 Å². The molecule has 0 amide bonds. The van der Waals surface area contributed by atoms with Gasteiger partial charge in [-0.1, -0.05) is 18.6 Å². The van der Waals surface area contributed by atoms with Gasteiger partial charge in [0.1, 0.15) is 0 Å². The van der Waals surface area contributed by atoms with Crippen LogP contribution in [0, 0.1) is 6.92 Å². The summed E-state index contributed by atoms with van der Waals surface area (Å²) in [4.78, 5) is 15.7. The summed E-state index contributed by atoms with van der Waals surface area (Å²) in [5, 5.41) is 11.6. The Kier molecular flexibility index (Phi) is 2.37. The molecule has 0 saturated heterocycles. The Balaban J connectivity index is 2.17. The van der Waals surface area contributed by atoms with Crippen molar-refractivity contribution in [1.29, 1.82) is 0 Å². The highest BCUT2D eigenvalue weighted by Gasteiger charge is 2.45. The van der Waals surface area contributed by atoms with Gasteiger partial charge in [-0.25, -0.2) is 0 Å². The van der Waals surface area contributed by atoms with Crippen molar-refractivity contribution in [2.75, 3.05) is 0 Å². The third-order valence-corrected chi connectivity index (χ3v) is 4.13. The maximum Gasteiger partial charge on any atom is 0.314 e. The van der Waals surface area contributed by atoms with E-state index in [1.807, 2.05) is 31.3 Å². The maximum atomic E-state index is 11.5. The first-order valence-corrected chi connectivity index (χ1v) is 6.22. The van der Waals surface area contributed by atoms with Gasteiger partial charge in [0, 0.05) is 17.8 Å². The average Bonchev–Trinajstić information content (AvgIpc) is 2.27. The van der Waals surface area contributed by atoms with Crippen molar-refractivity contribution >= 4 is 16.7 Å². The molecular weight excluding hydrogens is 226 g/mol. The number of carboxylic acid groups (broad SMARTS) is 1. The highest BCUT2D eigenvalue weighted by atomic mass is 16.4. The highest BCUT2D eigenvalue weighted by molar-refractivity contribution is 5.89. The van der Waals surface area contributed by atoms with E-state index in [-0.39, 0.29) is 0 Å². The van der Waals surface area contributed by atoms with Crippen molar-refractivity contribution in [3.63, 3.8) is 0 Å². The second-order valence-electron chi connectivity index (χ2n) is 5.13. The van der Waals surface area contributed by atoms with Crippen LogP contribution in [0.1, 0.15) is 30.4 Å². The number of carbonyl (C=O) groups is 1. The molecule has 92 valence electrons. The lowest BCUT2D eigenvalue weighted by Gasteiger charge is -2.38. The fourth-order valence-corrected chi connectivity index (χ4v) is 2.78. The predicted octanol–water partition coefficient (Wildman–Crippen LogP) is 3.05. The summed E-state index contributed by atoms with van der Waals surface area (Å²) in [7, 11) is 0. The van der Waals surface area contributed by atoms with Gasteiger partial charge in [0.25, 0.3) is 0 Å². The molecule has 0 atom stereocenters. The largest absolute Gasteiger partial charge is 0.481 e. The van der Waals surface area contributed by atoms with Gasteiger partial charge in [-0.3, -0.25) is 9.78 Å². The molecule has 3 rings (SSSR count). The topological polar surface area (TPSA) is 50.2 Å². The Morgan fingerprint density at radius 3 is 2.72 bits per heavy atom. The third kappa shape index (κ3) is 1.43. The molecule has 1 N–H and O–H groups in total. The van der Waals surface area contributed by atoms with Gasteiger partial charge >= 0.3 is 5.97 Å². The van der Waals surface area contributed by atoms with E-state index in [2.05, 4.69) is 4.98 Å².